The third-order valence-electron chi connectivity index (χ3n) is 1.94. The predicted octanol–water partition coefficient (Wildman–Crippen LogP) is 0.466. The summed E-state index contributed by atoms with van der Waals surface area (Å²) in [6.45, 7) is 6.68. The lowest BCUT2D eigenvalue weighted by atomic mass is 10.1. The summed E-state index contributed by atoms with van der Waals surface area (Å²) in [5.41, 5.74) is -0.412. The molecule has 0 spiro atoms. The van der Waals surface area contributed by atoms with Crippen molar-refractivity contribution in [2.45, 2.75) is 26.3 Å². The molecule has 0 aromatic rings. The lowest BCUT2D eigenvalue weighted by Gasteiger charge is -2.21. The molecule has 0 bridgehead atoms. The minimum atomic E-state index is -0.412. The smallest absolute Gasteiger partial charge is 0.236 e. The number of amides is 1. The Morgan fingerprint density at radius 1 is 1.62 bits per heavy atom. The van der Waals surface area contributed by atoms with Crippen LogP contribution in [0.2, 0.25) is 0 Å². The summed E-state index contributed by atoms with van der Waals surface area (Å²) in [6.07, 6.45) is 5.26. The Morgan fingerprint density at radius 3 is 2.54 bits per heavy atom. The van der Waals surface area contributed by atoms with Crippen molar-refractivity contribution in [2.24, 2.45) is 0 Å². The van der Waals surface area contributed by atoms with Gasteiger partial charge in [-0.25, -0.2) is 0 Å². The first-order chi connectivity index (χ1) is 5.93. The number of terminal acetylenes is 1. The number of nitrogens with zero attached hydrogens (tertiary/aromatic N) is 1. The summed E-state index contributed by atoms with van der Waals surface area (Å²) in [7, 11) is 1.77. The van der Waals surface area contributed by atoms with Crippen LogP contribution >= 0.6 is 0 Å². The molecule has 1 amide bonds. The first-order valence-electron chi connectivity index (χ1n) is 4.39. The van der Waals surface area contributed by atoms with E-state index in [-0.39, 0.29) is 5.91 Å². The number of hydrogen-bond acceptors (Lipinski definition) is 2. The molecular weight excluding hydrogens is 164 g/mol. The molecule has 0 heterocycles. The van der Waals surface area contributed by atoms with Gasteiger partial charge in [-0.05, 0) is 20.8 Å². The van der Waals surface area contributed by atoms with Crippen LogP contribution in [0.15, 0.2) is 0 Å². The van der Waals surface area contributed by atoms with Gasteiger partial charge in [-0.1, -0.05) is 5.92 Å². The van der Waals surface area contributed by atoms with Crippen molar-refractivity contribution >= 4 is 5.91 Å². The molecule has 0 radical (unpaired) electrons. The van der Waals surface area contributed by atoms with Crippen molar-refractivity contribution in [3.8, 4) is 12.3 Å². The molecule has 0 aromatic carbocycles. The van der Waals surface area contributed by atoms with E-state index in [0.717, 1.165) is 6.54 Å². The summed E-state index contributed by atoms with van der Waals surface area (Å²) >= 11 is 0. The number of likely N-dealkylation sites (N-methyl/N-ethyl adjacent to an activating group) is 1. The maximum atomic E-state index is 11.3. The van der Waals surface area contributed by atoms with Gasteiger partial charge in [0.1, 0.15) is 0 Å². The van der Waals surface area contributed by atoms with Gasteiger partial charge >= 0.3 is 0 Å². The van der Waals surface area contributed by atoms with E-state index in [1.54, 1.807) is 11.9 Å². The van der Waals surface area contributed by atoms with Gasteiger partial charge in [-0.3, -0.25) is 10.1 Å². The fourth-order valence-electron chi connectivity index (χ4n) is 0.659. The van der Waals surface area contributed by atoms with E-state index in [0.29, 0.717) is 6.54 Å². The standard InChI is InChI=1S/C10H18N2O/c1-6-10(3,4)11-8-9(13)12(5)7-2/h1,11H,7-8H2,2-5H3. The lowest BCUT2D eigenvalue weighted by Crippen LogP contribution is -2.44. The fraction of sp³-hybridized carbons (Fsp3) is 0.700. The molecule has 0 saturated carbocycles. The van der Waals surface area contributed by atoms with Crippen molar-refractivity contribution in [1.29, 1.82) is 0 Å². The fourth-order valence-corrected chi connectivity index (χ4v) is 0.659. The molecule has 0 rings (SSSR count). The zero-order valence-corrected chi connectivity index (χ0v) is 8.85. The number of hydrogen-bond donors (Lipinski definition) is 1. The van der Waals surface area contributed by atoms with Gasteiger partial charge in [0, 0.05) is 13.6 Å². The van der Waals surface area contributed by atoms with Crippen LogP contribution in [0, 0.1) is 12.3 Å². The second-order valence-corrected chi connectivity index (χ2v) is 3.53. The molecular formula is C10H18N2O. The maximum absolute atomic E-state index is 11.3. The predicted molar refractivity (Wildman–Crippen MR) is 54.2 cm³/mol. The van der Waals surface area contributed by atoms with Crippen molar-refractivity contribution in [3.05, 3.63) is 0 Å². The summed E-state index contributed by atoms with van der Waals surface area (Å²) in [6, 6.07) is 0. The van der Waals surface area contributed by atoms with Crippen LogP contribution < -0.4 is 5.32 Å². The number of carbonyl (C=O) groups is 1. The van der Waals surface area contributed by atoms with Crippen molar-refractivity contribution in [2.75, 3.05) is 20.1 Å². The quantitative estimate of drug-likeness (QED) is 0.641. The topological polar surface area (TPSA) is 32.3 Å². The van der Waals surface area contributed by atoms with Crippen LogP contribution in [-0.2, 0) is 4.79 Å². The van der Waals surface area contributed by atoms with Crippen LogP contribution in [0.4, 0.5) is 0 Å². The number of nitrogens with one attached hydrogen (secondary N) is 1. The molecule has 0 fully saturated rings. The zero-order valence-electron chi connectivity index (χ0n) is 8.85. The van der Waals surface area contributed by atoms with Gasteiger partial charge in [0.25, 0.3) is 0 Å². The Bertz CT molecular complexity index is 215. The summed E-state index contributed by atoms with van der Waals surface area (Å²) in [4.78, 5) is 13.0. The van der Waals surface area contributed by atoms with Crippen molar-refractivity contribution in [1.82, 2.24) is 10.2 Å². The SMILES string of the molecule is C#CC(C)(C)NCC(=O)N(C)CC. The van der Waals surface area contributed by atoms with E-state index in [1.165, 1.54) is 0 Å². The van der Waals surface area contributed by atoms with E-state index in [2.05, 4.69) is 11.2 Å². The first-order valence-corrected chi connectivity index (χ1v) is 4.39. The Balaban J connectivity index is 3.91. The van der Waals surface area contributed by atoms with Gasteiger partial charge in [-0.15, -0.1) is 6.42 Å². The van der Waals surface area contributed by atoms with Gasteiger partial charge in [0.2, 0.25) is 5.91 Å². The summed E-state index contributed by atoms with van der Waals surface area (Å²) < 4.78 is 0. The van der Waals surface area contributed by atoms with Gasteiger partial charge in [0.05, 0.1) is 12.1 Å². The minimum absolute atomic E-state index is 0.0609. The van der Waals surface area contributed by atoms with E-state index in [1.807, 2.05) is 20.8 Å². The second kappa shape index (κ2) is 4.88. The monoisotopic (exact) mass is 182 g/mol. The second-order valence-electron chi connectivity index (χ2n) is 3.53. The Labute approximate surface area is 80.5 Å². The molecule has 0 aliphatic carbocycles. The van der Waals surface area contributed by atoms with E-state index < -0.39 is 5.54 Å². The van der Waals surface area contributed by atoms with Crippen molar-refractivity contribution in [3.63, 3.8) is 0 Å². The summed E-state index contributed by atoms with van der Waals surface area (Å²) in [5, 5.41) is 3.00. The largest absolute Gasteiger partial charge is 0.345 e. The highest BCUT2D eigenvalue weighted by molar-refractivity contribution is 5.78. The normalized spacial score (nSPS) is 10.7. The van der Waals surface area contributed by atoms with Crippen LogP contribution in [0.1, 0.15) is 20.8 Å². The molecule has 1 N–H and O–H groups in total. The highest BCUT2D eigenvalue weighted by Crippen LogP contribution is 1.97. The first kappa shape index (κ1) is 12.0. The van der Waals surface area contributed by atoms with Gasteiger partial charge < -0.3 is 4.90 Å². The third kappa shape index (κ3) is 4.54. The number of rotatable bonds is 4. The molecule has 0 aliphatic rings. The molecule has 0 aromatic heterocycles. The van der Waals surface area contributed by atoms with Crippen molar-refractivity contribution < 1.29 is 4.79 Å². The lowest BCUT2D eigenvalue weighted by molar-refractivity contribution is -0.128. The minimum Gasteiger partial charge on any atom is -0.345 e. The third-order valence-corrected chi connectivity index (χ3v) is 1.94. The van der Waals surface area contributed by atoms with Gasteiger partial charge in [-0.2, -0.15) is 0 Å². The molecule has 3 heteroatoms. The maximum Gasteiger partial charge on any atom is 0.236 e. The van der Waals surface area contributed by atoms with E-state index in [4.69, 9.17) is 6.42 Å². The molecule has 3 nitrogen and oxygen atoms in total. The van der Waals surface area contributed by atoms with Crippen LogP contribution in [-0.4, -0.2) is 36.5 Å². The molecule has 13 heavy (non-hydrogen) atoms. The average molecular weight is 182 g/mol. The molecule has 0 aliphatic heterocycles. The Hall–Kier alpha value is -1.01. The highest BCUT2D eigenvalue weighted by atomic mass is 16.2. The molecule has 0 saturated heterocycles. The van der Waals surface area contributed by atoms with E-state index >= 15 is 0 Å². The summed E-state index contributed by atoms with van der Waals surface area (Å²) in [5.74, 6) is 2.63. The van der Waals surface area contributed by atoms with Crippen LogP contribution in [0.5, 0.6) is 0 Å². The van der Waals surface area contributed by atoms with Gasteiger partial charge in [0.15, 0.2) is 0 Å². The van der Waals surface area contributed by atoms with E-state index in [9.17, 15) is 4.79 Å². The van der Waals surface area contributed by atoms with Crippen LogP contribution in [0.25, 0.3) is 0 Å². The Morgan fingerprint density at radius 2 is 2.15 bits per heavy atom. The average Bonchev–Trinajstić information content (AvgIpc) is 2.13. The zero-order chi connectivity index (χ0) is 10.5. The molecule has 74 valence electrons. The molecule has 0 unspecified atom stereocenters. The van der Waals surface area contributed by atoms with Crippen LogP contribution in [0.3, 0.4) is 0 Å². The number of carbonyl (C=O) groups excluding carboxylic acids is 1. The molecule has 0 atom stereocenters. The Kier molecular flexibility index (Phi) is 4.50. The highest BCUT2D eigenvalue weighted by Gasteiger charge is 2.15.